The van der Waals surface area contributed by atoms with E-state index in [0.717, 1.165) is 5.56 Å². The number of halogens is 1. The summed E-state index contributed by atoms with van der Waals surface area (Å²) in [4.78, 5) is 4.22. The summed E-state index contributed by atoms with van der Waals surface area (Å²) < 4.78 is 46.2. The molecule has 3 aromatic rings. The van der Waals surface area contributed by atoms with Crippen molar-refractivity contribution in [3.05, 3.63) is 58.9 Å². The lowest BCUT2D eigenvalue weighted by atomic mass is 10.0. The van der Waals surface area contributed by atoms with Crippen LogP contribution < -0.4 is 18.5 Å². The average molecular weight is 465 g/mol. The molecule has 1 N–H and O–H groups in total. The highest BCUT2D eigenvalue weighted by atomic mass is 32.2. The minimum Gasteiger partial charge on any atom is -0.497 e. The minimum atomic E-state index is -1.93. The fourth-order valence-corrected chi connectivity index (χ4v) is 5.29. The summed E-state index contributed by atoms with van der Waals surface area (Å²) in [6, 6.07) is 7.90. The van der Waals surface area contributed by atoms with Crippen LogP contribution in [0.5, 0.6) is 17.2 Å². The van der Waals surface area contributed by atoms with E-state index < -0.39 is 22.9 Å². The van der Waals surface area contributed by atoms with Crippen molar-refractivity contribution in [2.24, 2.45) is 0 Å². The molecule has 0 fully saturated rings. The van der Waals surface area contributed by atoms with E-state index in [-0.39, 0.29) is 11.4 Å². The number of thiazole rings is 1. The molecule has 0 bridgehead atoms. The highest BCUT2D eigenvalue weighted by Crippen LogP contribution is 2.37. The van der Waals surface area contributed by atoms with Gasteiger partial charge >= 0.3 is 0 Å². The van der Waals surface area contributed by atoms with Crippen molar-refractivity contribution in [1.29, 1.82) is 0 Å². The van der Waals surface area contributed by atoms with E-state index in [2.05, 4.69) is 4.98 Å². The molecule has 4 rings (SSSR count). The van der Waals surface area contributed by atoms with Gasteiger partial charge in [-0.25, -0.2) is 13.6 Å². The molecular weight excluding hydrogens is 443 g/mol. The predicted octanol–water partition coefficient (Wildman–Crippen LogP) is 3.84. The van der Waals surface area contributed by atoms with E-state index in [9.17, 15) is 13.7 Å². The Morgan fingerprint density at radius 1 is 1.32 bits per heavy atom. The van der Waals surface area contributed by atoms with Crippen LogP contribution in [0.15, 0.2) is 46.8 Å². The van der Waals surface area contributed by atoms with Crippen molar-refractivity contribution in [3.8, 4) is 17.2 Å². The summed E-state index contributed by atoms with van der Waals surface area (Å²) in [6.07, 6.45) is 1.18. The van der Waals surface area contributed by atoms with Crippen molar-refractivity contribution in [3.63, 3.8) is 0 Å². The summed E-state index contributed by atoms with van der Waals surface area (Å²) in [5.41, 5.74) is 1.10. The van der Waals surface area contributed by atoms with Crippen LogP contribution in [0.2, 0.25) is 0 Å². The Labute approximate surface area is 185 Å². The molecule has 2 unspecified atom stereocenters. The van der Waals surface area contributed by atoms with Gasteiger partial charge in [-0.05, 0) is 18.2 Å². The number of hydrogen-bond donors (Lipinski definition) is 1. The molecule has 2 heterocycles. The van der Waals surface area contributed by atoms with Crippen LogP contribution in [0, 0.1) is 5.82 Å². The molecule has 1 aliphatic heterocycles. The maximum atomic E-state index is 14.9. The van der Waals surface area contributed by atoms with E-state index >= 15 is 0 Å². The largest absolute Gasteiger partial charge is 0.497 e. The van der Waals surface area contributed by atoms with Gasteiger partial charge in [0.1, 0.15) is 23.1 Å². The second-order valence-electron chi connectivity index (χ2n) is 6.75. The van der Waals surface area contributed by atoms with Crippen molar-refractivity contribution in [1.82, 2.24) is 4.98 Å². The molecule has 0 aliphatic carbocycles. The van der Waals surface area contributed by atoms with E-state index in [1.807, 2.05) is 0 Å². The zero-order valence-electron chi connectivity index (χ0n) is 16.9. The van der Waals surface area contributed by atoms with Crippen LogP contribution in [0.3, 0.4) is 0 Å². The molecule has 31 heavy (non-hydrogen) atoms. The molecule has 0 amide bonds. The molecule has 7 nitrogen and oxygen atoms in total. The fourth-order valence-electron chi connectivity index (χ4n) is 3.30. The number of aliphatic hydroxyl groups excluding tert-OH is 1. The van der Waals surface area contributed by atoms with Gasteiger partial charge in [0.25, 0.3) is 0 Å². The van der Waals surface area contributed by atoms with E-state index in [1.54, 1.807) is 36.9 Å². The zero-order valence-corrected chi connectivity index (χ0v) is 18.5. The van der Waals surface area contributed by atoms with Gasteiger partial charge in [0.2, 0.25) is 0 Å². The number of nitrogens with zero attached hydrogens (tertiary/aromatic N) is 2. The first-order chi connectivity index (χ1) is 15.0. The second-order valence-corrected chi connectivity index (χ2v) is 9.00. The highest BCUT2D eigenvalue weighted by molar-refractivity contribution is 7.86. The van der Waals surface area contributed by atoms with Gasteiger partial charge in [-0.1, -0.05) is 0 Å². The Bertz CT molecular complexity index is 1090. The number of methoxy groups -OCH3 is 2. The van der Waals surface area contributed by atoms with E-state index in [0.29, 0.717) is 41.0 Å². The third-order valence-corrected chi connectivity index (χ3v) is 7.20. The van der Waals surface area contributed by atoms with Crippen LogP contribution in [0.25, 0.3) is 0 Å². The van der Waals surface area contributed by atoms with Gasteiger partial charge in [-0.2, -0.15) is 0 Å². The van der Waals surface area contributed by atoms with Crippen molar-refractivity contribution >= 4 is 27.5 Å². The van der Waals surface area contributed by atoms with Crippen LogP contribution in [0.1, 0.15) is 23.7 Å². The third-order valence-electron chi connectivity index (χ3n) is 4.90. The molecule has 0 saturated heterocycles. The summed E-state index contributed by atoms with van der Waals surface area (Å²) in [6.45, 7) is 0.471. The first kappa shape index (κ1) is 21.5. The standard InChI is InChI=1S/C21H21FN2O5S2/c1-27-14-4-3-13(18(9-14)28-2)12-24(21-23-6-8-30-21)31(26)20-11-19-15(10-16(20)22)17(25)5-7-29-19/h3-4,6,8-11,17,25H,5,7,12H2,1-2H3. The molecule has 10 heteroatoms. The average Bonchev–Trinajstić information content (AvgIpc) is 3.32. The first-order valence-corrected chi connectivity index (χ1v) is 11.4. The lowest BCUT2D eigenvalue weighted by Gasteiger charge is -2.25. The van der Waals surface area contributed by atoms with Crippen molar-refractivity contribution < 1.29 is 27.9 Å². The highest BCUT2D eigenvalue weighted by Gasteiger charge is 2.28. The molecule has 1 aromatic heterocycles. The molecule has 2 atom stereocenters. The summed E-state index contributed by atoms with van der Waals surface area (Å²) in [7, 11) is 1.16. The van der Waals surface area contributed by atoms with Gasteiger partial charge in [0, 0.05) is 41.3 Å². The summed E-state index contributed by atoms with van der Waals surface area (Å²) in [5, 5.41) is 12.3. The molecular formula is C21H21FN2O5S2. The minimum absolute atomic E-state index is 0.0458. The van der Waals surface area contributed by atoms with Gasteiger partial charge in [-0.3, -0.25) is 4.31 Å². The number of ether oxygens (including phenoxy) is 3. The quantitative estimate of drug-likeness (QED) is 0.572. The number of aliphatic hydroxyl groups is 1. The number of hydrogen-bond acceptors (Lipinski definition) is 7. The van der Waals surface area contributed by atoms with Gasteiger partial charge < -0.3 is 19.3 Å². The van der Waals surface area contributed by atoms with Gasteiger partial charge in [0.05, 0.1) is 38.4 Å². The number of benzene rings is 2. The Morgan fingerprint density at radius 2 is 2.16 bits per heavy atom. The molecule has 1 aliphatic rings. The topological polar surface area (TPSA) is 81.1 Å². The van der Waals surface area contributed by atoms with Crippen LogP contribution in [-0.2, 0) is 17.5 Å². The fraction of sp³-hybridized carbons (Fsp3) is 0.286. The number of fused-ring (bicyclic) bond motifs is 1. The molecule has 0 saturated carbocycles. The lowest BCUT2D eigenvalue weighted by Crippen LogP contribution is -2.26. The number of rotatable bonds is 7. The van der Waals surface area contributed by atoms with Crippen molar-refractivity contribution in [2.75, 3.05) is 25.1 Å². The van der Waals surface area contributed by atoms with Gasteiger partial charge in [0.15, 0.2) is 16.1 Å². The smallest absolute Gasteiger partial charge is 0.197 e. The second kappa shape index (κ2) is 9.21. The number of anilines is 1. The Kier molecular flexibility index (Phi) is 6.40. The van der Waals surface area contributed by atoms with Gasteiger partial charge in [-0.15, -0.1) is 11.3 Å². The maximum Gasteiger partial charge on any atom is 0.197 e. The summed E-state index contributed by atoms with van der Waals surface area (Å²) in [5.74, 6) is 0.837. The third kappa shape index (κ3) is 4.36. The number of aromatic nitrogens is 1. The van der Waals surface area contributed by atoms with E-state index in [4.69, 9.17) is 14.2 Å². The first-order valence-electron chi connectivity index (χ1n) is 9.46. The normalized spacial score (nSPS) is 16.2. The molecule has 0 radical (unpaired) electrons. The molecule has 0 spiro atoms. The van der Waals surface area contributed by atoms with Crippen LogP contribution in [0.4, 0.5) is 9.52 Å². The van der Waals surface area contributed by atoms with Crippen LogP contribution >= 0.6 is 11.3 Å². The zero-order chi connectivity index (χ0) is 22.0. The lowest BCUT2D eigenvalue weighted by molar-refractivity contribution is 0.114. The Morgan fingerprint density at radius 3 is 2.87 bits per heavy atom. The predicted molar refractivity (Wildman–Crippen MR) is 116 cm³/mol. The Hall–Kier alpha value is -2.69. The van der Waals surface area contributed by atoms with Crippen molar-refractivity contribution in [2.45, 2.75) is 24.0 Å². The SMILES string of the molecule is COc1ccc(CN(c2nccs2)S(=O)c2cc3c(cc2F)C(O)CCO3)c(OC)c1. The Balaban J connectivity index is 1.72. The maximum absolute atomic E-state index is 14.9. The molecule has 164 valence electrons. The van der Waals surface area contributed by atoms with Crippen LogP contribution in [-0.4, -0.2) is 35.1 Å². The monoisotopic (exact) mass is 464 g/mol. The van der Waals surface area contributed by atoms with E-state index in [1.165, 1.54) is 34.9 Å². The molecule has 2 aromatic carbocycles. The summed E-state index contributed by atoms with van der Waals surface area (Å²) >= 11 is 1.29.